The largest absolute Gasteiger partial charge is 0.508 e. The van der Waals surface area contributed by atoms with Gasteiger partial charge in [0, 0.05) is 47.9 Å². The van der Waals surface area contributed by atoms with Gasteiger partial charge in [0.2, 0.25) is 0 Å². The highest BCUT2D eigenvalue weighted by Crippen LogP contribution is 2.52. The molecule has 1 saturated heterocycles. The van der Waals surface area contributed by atoms with Gasteiger partial charge in [-0.1, -0.05) is 60.1 Å². The van der Waals surface area contributed by atoms with Crippen molar-refractivity contribution in [1.82, 2.24) is 9.88 Å². The van der Waals surface area contributed by atoms with Crippen molar-refractivity contribution in [3.05, 3.63) is 100 Å². The highest BCUT2D eigenvalue weighted by atomic mass is 35.5. The molecular weight excluding hydrogens is 444 g/mol. The maximum atomic E-state index is 12.5. The number of H-pyrrole nitrogens is 1. The summed E-state index contributed by atoms with van der Waals surface area (Å²) in [4.78, 5) is 6.00. The lowest BCUT2D eigenvalue weighted by molar-refractivity contribution is -0.102. The van der Waals surface area contributed by atoms with Gasteiger partial charge in [0.15, 0.2) is 0 Å². The van der Waals surface area contributed by atoms with Crippen molar-refractivity contribution in [2.24, 2.45) is 0 Å². The van der Waals surface area contributed by atoms with E-state index < -0.39 is 11.0 Å². The predicted molar refractivity (Wildman–Crippen MR) is 137 cm³/mol. The van der Waals surface area contributed by atoms with Gasteiger partial charge in [-0.3, -0.25) is 0 Å². The molecule has 6 rings (SSSR count). The van der Waals surface area contributed by atoms with Crippen LogP contribution in [-0.4, -0.2) is 45.3 Å². The Bertz CT molecular complexity index is 1350. The Balaban J connectivity index is 1.41. The van der Waals surface area contributed by atoms with Crippen molar-refractivity contribution in [2.75, 3.05) is 19.6 Å². The molecule has 2 heterocycles. The molecule has 0 saturated carbocycles. The number of fused-ring (bicyclic) bond motifs is 4. The number of hydrogen-bond donors (Lipinski definition) is 3. The van der Waals surface area contributed by atoms with Crippen molar-refractivity contribution < 1.29 is 10.2 Å². The number of aromatic amines is 1. The summed E-state index contributed by atoms with van der Waals surface area (Å²) in [6, 6.07) is 24.0. The number of nitrogens with zero attached hydrogens (tertiary/aromatic N) is 1. The van der Waals surface area contributed by atoms with Crippen molar-refractivity contribution in [1.29, 1.82) is 0 Å². The number of aliphatic hydroxyl groups is 1. The van der Waals surface area contributed by atoms with Gasteiger partial charge in [0.05, 0.1) is 10.6 Å². The first kappa shape index (κ1) is 21.7. The van der Waals surface area contributed by atoms with Crippen LogP contribution in [0.15, 0.2) is 72.8 Å². The van der Waals surface area contributed by atoms with E-state index in [4.69, 9.17) is 11.6 Å². The number of phenolic OH excluding ortho intramolecular Hbond substituents is 1. The molecule has 174 valence electrons. The van der Waals surface area contributed by atoms with Crippen LogP contribution in [0, 0.1) is 0 Å². The standard InChI is InChI=1S/C29H29ClN2O2/c30-24-10-5-11-25-27(24)23-17-29(34)19-32(14-12-20-6-2-1-3-7-20)15-13-28(29,18-26(23)31-25)21-8-4-9-22(33)16-21/h1-11,16,31,33-34H,12-15,17-19H2. The maximum Gasteiger partial charge on any atom is 0.115 e. The maximum absolute atomic E-state index is 12.5. The normalized spacial score (nSPS) is 24.6. The Hall–Kier alpha value is -2.79. The molecular formula is C29H29ClN2O2. The number of β-amino-alcohol motifs (C(OH)–C–C–N with tert-alkyl or cyclic N) is 1. The topological polar surface area (TPSA) is 59.5 Å². The molecule has 0 radical (unpaired) electrons. The third kappa shape index (κ3) is 3.44. The zero-order valence-electron chi connectivity index (χ0n) is 19.1. The van der Waals surface area contributed by atoms with Crippen molar-refractivity contribution in [3.8, 4) is 5.75 Å². The molecule has 2 aliphatic rings. The van der Waals surface area contributed by atoms with Crippen molar-refractivity contribution in [3.63, 3.8) is 0 Å². The van der Waals surface area contributed by atoms with E-state index in [-0.39, 0.29) is 5.75 Å². The van der Waals surface area contributed by atoms with E-state index in [0.717, 1.165) is 58.7 Å². The molecule has 2 atom stereocenters. The Morgan fingerprint density at radius 2 is 1.79 bits per heavy atom. The fourth-order valence-electron chi connectivity index (χ4n) is 6.37. The number of halogens is 1. The number of aromatic hydroxyl groups is 1. The molecule has 2 unspecified atom stereocenters. The molecule has 0 bridgehead atoms. The molecule has 1 aliphatic heterocycles. The van der Waals surface area contributed by atoms with E-state index >= 15 is 0 Å². The summed E-state index contributed by atoms with van der Waals surface area (Å²) in [5, 5.41) is 24.5. The molecule has 0 amide bonds. The van der Waals surface area contributed by atoms with Gasteiger partial charge in [0.1, 0.15) is 5.75 Å². The van der Waals surface area contributed by atoms with Gasteiger partial charge in [-0.2, -0.15) is 0 Å². The number of rotatable bonds is 4. The van der Waals surface area contributed by atoms with E-state index in [9.17, 15) is 10.2 Å². The fraction of sp³-hybridized carbons (Fsp3) is 0.310. The molecule has 3 N–H and O–H groups in total. The average molecular weight is 473 g/mol. The summed E-state index contributed by atoms with van der Waals surface area (Å²) >= 11 is 6.63. The third-order valence-corrected chi connectivity index (χ3v) is 8.42. The molecule has 0 spiro atoms. The van der Waals surface area contributed by atoms with Gasteiger partial charge < -0.3 is 20.1 Å². The first-order chi connectivity index (χ1) is 16.5. The van der Waals surface area contributed by atoms with E-state index in [1.807, 2.05) is 30.3 Å². The number of nitrogens with one attached hydrogen (secondary N) is 1. The smallest absolute Gasteiger partial charge is 0.115 e. The van der Waals surface area contributed by atoms with Crippen LogP contribution in [-0.2, 0) is 24.7 Å². The summed E-state index contributed by atoms with van der Waals surface area (Å²) in [7, 11) is 0. The highest BCUT2D eigenvalue weighted by Gasteiger charge is 2.57. The van der Waals surface area contributed by atoms with Crippen LogP contribution in [0.2, 0.25) is 5.02 Å². The van der Waals surface area contributed by atoms with Gasteiger partial charge in [-0.25, -0.2) is 0 Å². The van der Waals surface area contributed by atoms with Crippen LogP contribution in [0.3, 0.4) is 0 Å². The summed E-state index contributed by atoms with van der Waals surface area (Å²) in [5.74, 6) is 0.242. The predicted octanol–water partition coefficient (Wildman–Crippen LogP) is 5.24. The first-order valence-corrected chi connectivity index (χ1v) is 12.4. The van der Waals surface area contributed by atoms with Crippen LogP contribution in [0.4, 0.5) is 0 Å². The van der Waals surface area contributed by atoms with Crippen molar-refractivity contribution in [2.45, 2.75) is 36.7 Å². The zero-order chi connectivity index (χ0) is 23.3. The lowest BCUT2D eigenvalue weighted by Gasteiger charge is -2.56. The second-order valence-corrected chi connectivity index (χ2v) is 10.4. The molecule has 5 heteroatoms. The SMILES string of the molecule is Oc1cccc(C23CCN(CCc4ccccc4)CC2(O)Cc2c([nH]c4cccc(Cl)c24)C3)c1. The third-order valence-electron chi connectivity index (χ3n) is 8.10. The number of piperidine rings is 1. The second kappa shape index (κ2) is 8.16. The Labute approximate surface area is 204 Å². The Morgan fingerprint density at radius 1 is 0.971 bits per heavy atom. The molecule has 1 fully saturated rings. The molecule has 4 aromatic rings. The molecule has 4 nitrogen and oxygen atoms in total. The van der Waals surface area contributed by atoms with Gasteiger partial charge in [-0.05, 0) is 60.3 Å². The number of likely N-dealkylation sites (tertiary alicyclic amines) is 1. The molecule has 1 aliphatic carbocycles. The number of benzene rings is 3. The number of phenols is 1. The fourth-order valence-corrected chi connectivity index (χ4v) is 6.65. The summed E-state index contributed by atoms with van der Waals surface area (Å²) in [6.07, 6.45) is 3.01. The Kier molecular flexibility index (Phi) is 5.21. The highest BCUT2D eigenvalue weighted by molar-refractivity contribution is 6.35. The minimum absolute atomic E-state index is 0.242. The zero-order valence-corrected chi connectivity index (χ0v) is 19.9. The van der Waals surface area contributed by atoms with E-state index in [2.05, 4.69) is 46.3 Å². The van der Waals surface area contributed by atoms with Crippen molar-refractivity contribution >= 4 is 22.5 Å². The molecule has 34 heavy (non-hydrogen) atoms. The van der Waals surface area contributed by atoms with Crippen LogP contribution >= 0.6 is 11.6 Å². The first-order valence-electron chi connectivity index (χ1n) is 12.0. The number of hydrogen-bond acceptors (Lipinski definition) is 3. The lowest BCUT2D eigenvalue weighted by atomic mass is 9.56. The summed E-state index contributed by atoms with van der Waals surface area (Å²) < 4.78 is 0. The second-order valence-electron chi connectivity index (χ2n) is 10.0. The van der Waals surface area contributed by atoms with Gasteiger partial charge in [0.25, 0.3) is 0 Å². The minimum atomic E-state index is -0.975. The van der Waals surface area contributed by atoms with Gasteiger partial charge in [-0.15, -0.1) is 0 Å². The summed E-state index contributed by atoms with van der Waals surface area (Å²) in [5.41, 5.74) is 4.16. The molecule has 1 aromatic heterocycles. The lowest BCUT2D eigenvalue weighted by Crippen LogP contribution is -2.66. The van der Waals surface area contributed by atoms with Crippen LogP contribution in [0.1, 0.15) is 28.8 Å². The monoisotopic (exact) mass is 472 g/mol. The number of aromatic nitrogens is 1. The summed E-state index contributed by atoms with van der Waals surface area (Å²) in [6.45, 7) is 2.40. The molecule has 3 aromatic carbocycles. The minimum Gasteiger partial charge on any atom is -0.508 e. The average Bonchev–Trinajstić information content (AvgIpc) is 3.19. The van der Waals surface area contributed by atoms with E-state index in [0.29, 0.717) is 19.4 Å². The van der Waals surface area contributed by atoms with Crippen LogP contribution in [0.5, 0.6) is 5.75 Å². The van der Waals surface area contributed by atoms with Crippen LogP contribution < -0.4 is 0 Å². The van der Waals surface area contributed by atoms with Gasteiger partial charge >= 0.3 is 0 Å². The Morgan fingerprint density at radius 3 is 2.62 bits per heavy atom. The quantitative estimate of drug-likeness (QED) is 0.380. The van der Waals surface area contributed by atoms with E-state index in [1.165, 1.54) is 5.56 Å². The van der Waals surface area contributed by atoms with Crippen LogP contribution in [0.25, 0.3) is 10.9 Å². The van der Waals surface area contributed by atoms with E-state index in [1.54, 1.807) is 6.07 Å².